The van der Waals surface area contributed by atoms with Crippen LogP contribution in [0, 0.1) is 0 Å². The summed E-state index contributed by atoms with van der Waals surface area (Å²) >= 11 is 0. The summed E-state index contributed by atoms with van der Waals surface area (Å²) in [5.74, 6) is 0.116. The van der Waals surface area contributed by atoms with Crippen molar-refractivity contribution in [2.45, 2.75) is 22.8 Å². The molecular formula is C21H19NO4S2. The van der Waals surface area contributed by atoms with Crippen molar-refractivity contribution < 1.29 is 16.8 Å². The Bertz CT molecular complexity index is 1220. The van der Waals surface area contributed by atoms with Gasteiger partial charge in [-0.05, 0) is 46.9 Å². The highest BCUT2D eigenvalue weighted by atomic mass is 32.2. The number of aryl methyl sites for hydroxylation is 1. The fourth-order valence-electron chi connectivity index (χ4n) is 3.31. The maximum atomic E-state index is 12.6. The monoisotopic (exact) mass is 413 g/mol. The Morgan fingerprint density at radius 2 is 1.54 bits per heavy atom. The second-order valence-corrected chi connectivity index (χ2v) is 10.6. The Labute approximate surface area is 165 Å². The van der Waals surface area contributed by atoms with Crippen molar-refractivity contribution in [3.05, 3.63) is 83.9 Å². The Balaban J connectivity index is 1.49. The largest absolute Gasteiger partial charge is 0.240 e. The molecule has 144 valence electrons. The van der Waals surface area contributed by atoms with E-state index in [4.69, 9.17) is 0 Å². The number of nitrogens with one attached hydrogen (secondary N) is 1. The van der Waals surface area contributed by atoms with Gasteiger partial charge in [-0.2, -0.15) is 0 Å². The predicted molar refractivity (Wildman–Crippen MR) is 108 cm³/mol. The molecule has 0 radical (unpaired) electrons. The van der Waals surface area contributed by atoms with Crippen LogP contribution >= 0.6 is 0 Å². The zero-order chi connectivity index (χ0) is 19.8. The molecule has 1 N–H and O–H groups in total. The van der Waals surface area contributed by atoms with E-state index in [0.29, 0.717) is 11.3 Å². The quantitative estimate of drug-likeness (QED) is 0.697. The minimum absolute atomic E-state index is 0.107. The van der Waals surface area contributed by atoms with Crippen LogP contribution in [0.4, 0.5) is 0 Å². The molecule has 3 aromatic rings. The van der Waals surface area contributed by atoms with Gasteiger partial charge in [0.15, 0.2) is 9.84 Å². The molecule has 1 aliphatic rings. The topological polar surface area (TPSA) is 80.3 Å². The van der Waals surface area contributed by atoms with E-state index in [-0.39, 0.29) is 17.2 Å². The van der Waals surface area contributed by atoms with Crippen molar-refractivity contribution in [3.8, 4) is 11.1 Å². The molecule has 1 heterocycles. The number of benzene rings is 3. The summed E-state index contributed by atoms with van der Waals surface area (Å²) in [6.07, 6.45) is 0.471. The molecule has 1 aliphatic heterocycles. The zero-order valence-electron chi connectivity index (χ0n) is 15.0. The van der Waals surface area contributed by atoms with Gasteiger partial charge in [-0.3, -0.25) is 0 Å². The number of hydrogen-bond acceptors (Lipinski definition) is 4. The first-order chi connectivity index (χ1) is 13.4. The normalized spacial score (nSPS) is 15.3. The fraction of sp³-hybridized carbons (Fsp3) is 0.143. The second-order valence-electron chi connectivity index (χ2n) is 6.73. The van der Waals surface area contributed by atoms with Gasteiger partial charge in [0.1, 0.15) is 0 Å². The molecule has 0 unspecified atom stereocenters. The maximum absolute atomic E-state index is 12.6. The third-order valence-electron chi connectivity index (χ3n) is 4.84. The van der Waals surface area contributed by atoms with Gasteiger partial charge in [0, 0.05) is 6.54 Å². The van der Waals surface area contributed by atoms with E-state index in [1.54, 1.807) is 42.5 Å². The molecule has 0 bridgehead atoms. The van der Waals surface area contributed by atoms with Crippen molar-refractivity contribution in [1.29, 1.82) is 0 Å². The Kier molecular flexibility index (Phi) is 4.82. The first kappa shape index (κ1) is 18.9. The number of sulfonamides is 1. The number of sulfone groups is 1. The van der Waals surface area contributed by atoms with Crippen LogP contribution in [0.15, 0.2) is 82.6 Å². The van der Waals surface area contributed by atoms with Crippen molar-refractivity contribution in [3.63, 3.8) is 0 Å². The van der Waals surface area contributed by atoms with E-state index in [0.717, 1.165) is 22.3 Å². The lowest BCUT2D eigenvalue weighted by Gasteiger charge is -2.09. The molecule has 3 aromatic carbocycles. The van der Waals surface area contributed by atoms with E-state index < -0.39 is 19.9 Å². The van der Waals surface area contributed by atoms with Crippen molar-refractivity contribution in [2.75, 3.05) is 5.75 Å². The molecule has 0 aromatic heterocycles. The van der Waals surface area contributed by atoms with Crippen LogP contribution < -0.4 is 4.72 Å². The molecule has 0 saturated carbocycles. The summed E-state index contributed by atoms with van der Waals surface area (Å²) in [7, 11) is -6.84. The highest BCUT2D eigenvalue weighted by molar-refractivity contribution is 7.91. The maximum Gasteiger partial charge on any atom is 0.240 e. The van der Waals surface area contributed by atoms with Crippen LogP contribution in [0.2, 0.25) is 0 Å². The Morgan fingerprint density at radius 3 is 2.25 bits per heavy atom. The molecule has 0 spiro atoms. The van der Waals surface area contributed by atoms with Crippen molar-refractivity contribution in [2.24, 2.45) is 0 Å². The molecule has 0 fully saturated rings. The minimum atomic E-state index is -3.66. The van der Waals surface area contributed by atoms with Gasteiger partial charge < -0.3 is 0 Å². The lowest BCUT2D eigenvalue weighted by atomic mass is 10.1. The zero-order valence-corrected chi connectivity index (χ0v) is 16.6. The molecule has 7 heteroatoms. The number of rotatable bonds is 5. The predicted octanol–water partition coefficient (Wildman–Crippen LogP) is 3.16. The Morgan fingerprint density at radius 1 is 0.857 bits per heavy atom. The molecule has 0 aliphatic carbocycles. The summed E-state index contributed by atoms with van der Waals surface area (Å²) in [6, 6.07) is 21.5. The molecule has 0 atom stereocenters. The highest BCUT2D eigenvalue weighted by Crippen LogP contribution is 2.27. The van der Waals surface area contributed by atoms with Gasteiger partial charge in [-0.15, -0.1) is 0 Å². The first-order valence-corrected chi connectivity index (χ1v) is 12.0. The highest BCUT2D eigenvalue weighted by Gasteiger charge is 2.26. The van der Waals surface area contributed by atoms with Crippen LogP contribution in [-0.2, 0) is 32.8 Å². The fourth-order valence-corrected chi connectivity index (χ4v) is 5.88. The summed E-state index contributed by atoms with van der Waals surface area (Å²) in [6.45, 7) is 0.107. The standard InChI is InChI=1S/C21H19NO4S2/c23-27(24)13-12-19-14-16(6-11-21(19)27)15-22-28(25,26)20-9-7-18(8-10-20)17-4-2-1-3-5-17/h1-11,14,22H,12-13,15H2. The number of fused-ring (bicyclic) bond motifs is 1. The van der Waals surface area contributed by atoms with Crippen LogP contribution in [0.1, 0.15) is 11.1 Å². The Hall–Kier alpha value is -2.48. The molecule has 0 saturated heterocycles. The van der Waals surface area contributed by atoms with Gasteiger partial charge >= 0.3 is 0 Å². The van der Waals surface area contributed by atoms with Gasteiger partial charge in [-0.1, -0.05) is 54.6 Å². The lowest BCUT2D eigenvalue weighted by Crippen LogP contribution is -2.23. The smallest absolute Gasteiger partial charge is 0.224 e. The minimum Gasteiger partial charge on any atom is -0.224 e. The number of hydrogen-bond donors (Lipinski definition) is 1. The van der Waals surface area contributed by atoms with E-state index in [1.165, 1.54) is 0 Å². The van der Waals surface area contributed by atoms with Crippen LogP contribution in [-0.4, -0.2) is 22.6 Å². The summed E-state index contributed by atoms with van der Waals surface area (Å²) in [4.78, 5) is 0.548. The SMILES string of the molecule is O=S1(=O)CCc2cc(CNS(=O)(=O)c3ccc(-c4ccccc4)cc3)ccc21. The third kappa shape index (κ3) is 3.73. The molecular weight excluding hydrogens is 394 g/mol. The lowest BCUT2D eigenvalue weighted by molar-refractivity contribution is 0.581. The van der Waals surface area contributed by atoms with Crippen molar-refractivity contribution in [1.82, 2.24) is 4.72 Å². The molecule has 0 amide bonds. The van der Waals surface area contributed by atoms with Crippen LogP contribution in [0.25, 0.3) is 11.1 Å². The van der Waals surface area contributed by atoms with Crippen LogP contribution in [0.5, 0.6) is 0 Å². The van der Waals surface area contributed by atoms with Gasteiger partial charge in [0.05, 0.1) is 15.5 Å². The van der Waals surface area contributed by atoms with Gasteiger partial charge in [-0.25, -0.2) is 21.6 Å². The van der Waals surface area contributed by atoms with Crippen molar-refractivity contribution >= 4 is 19.9 Å². The third-order valence-corrected chi connectivity index (χ3v) is 8.07. The summed E-state index contributed by atoms with van der Waals surface area (Å²) in [5.41, 5.74) is 3.45. The average molecular weight is 414 g/mol. The molecule has 28 heavy (non-hydrogen) atoms. The molecule has 5 nitrogen and oxygen atoms in total. The average Bonchev–Trinajstić information content (AvgIpc) is 3.01. The van der Waals surface area contributed by atoms with Crippen LogP contribution in [0.3, 0.4) is 0 Å². The van der Waals surface area contributed by atoms with E-state index in [2.05, 4.69) is 4.72 Å². The first-order valence-electron chi connectivity index (χ1n) is 8.85. The van der Waals surface area contributed by atoms with E-state index in [1.807, 2.05) is 30.3 Å². The van der Waals surface area contributed by atoms with E-state index in [9.17, 15) is 16.8 Å². The molecule has 4 rings (SSSR count). The second kappa shape index (κ2) is 7.16. The van der Waals surface area contributed by atoms with Gasteiger partial charge in [0.2, 0.25) is 10.0 Å². The van der Waals surface area contributed by atoms with E-state index >= 15 is 0 Å². The summed E-state index contributed by atoms with van der Waals surface area (Å²) < 4.78 is 51.5. The summed E-state index contributed by atoms with van der Waals surface area (Å²) in [5, 5.41) is 0. The van der Waals surface area contributed by atoms with Gasteiger partial charge in [0.25, 0.3) is 0 Å².